The molecule has 4 rings (SSSR count). The van der Waals surface area contributed by atoms with Crippen LogP contribution < -0.4 is 16.6 Å². The fourth-order valence-corrected chi connectivity index (χ4v) is 4.08. The van der Waals surface area contributed by atoms with E-state index in [1.54, 1.807) is 7.05 Å². The van der Waals surface area contributed by atoms with Crippen LogP contribution in [0.4, 0.5) is 5.82 Å². The topological polar surface area (TPSA) is 73.1 Å². The van der Waals surface area contributed by atoms with Crippen molar-refractivity contribution in [3.05, 3.63) is 73.1 Å². The second-order valence-corrected chi connectivity index (χ2v) is 7.11. The molecule has 0 saturated heterocycles. The van der Waals surface area contributed by atoms with Gasteiger partial charge in [0.2, 0.25) is 0 Å². The summed E-state index contributed by atoms with van der Waals surface area (Å²) in [5, 5.41) is 3.23. The number of fused-ring (bicyclic) bond motifs is 1. The largest absolute Gasteiger partial charge is 0.344 e. The molecule has 134 valence electrons. The van der Waals surface area contributed by atoms with Crippen LogP contribution in [-0.4, -0.2) is 14.9 Å². The summed E-state index contributed by atoms with van der Waals surface area (Å²) in [5.74, 6) is 0.129. The predicted molar refractivity (Wildman–Crippen MR) is 99.5 cm³/mol. The molecule has 1 aromatic carbocycles. The highest BCUT2D eigenvalue weighted by molar-refractivity contribution is 6.00. The lowest BCUT2D eigenvalue weighted by molar-refractivity contribution is -0.116. The van der Waals surface area contributed by atoms with Crippen molar-refractivity contribution in [1.82, 2.24) is 9.13 Å². The van der Waals surface area contributed by atoms with E-state index in [0.717, 1.165) is 34.2 Å². The Morgan fingerprint density at radius 3 is 2.58 bits per heavy atom. The summed E-state index contributed by atoms with van der Waals surface area (Å²) in [5.41, 5.74) is 3.21. The van der Waals surface area contributed by atoms with Crippen molar-refractivity contribution in [1.29, 1.82) is 0 Å². The zero-order chi connectivity index (χ0) is 18.6. The first kappa shape index (κ1) is 16.6. The Morgan fingerprint density at radius 1 is 1.08 bits per heavy atom. The molecule has 0 unspecified atom stereocenters. The number of carbonyl (C=O) groups is 1. The standard InChI is InChI=1S/C20H21N3O3/c1-11-6-4-7-12(10-11)15-16-13(8-5-9-14(16)24)21-18-17(15)19(25)23(3)20(26)22(18)2/h4,6-7,10,15,21H,5,8-9H2,1-3H3/t15-/m1/s1. The number of rotatable bonds is 1. The first-order chi connectivity index (χ1) is 12.4. The van der Waals surface area contributed by atoms with Gasteiger partial charge in [-0.2, -0.15) is 0 Å². The SMILES string of the molecule is Cc1cccc([C@@H]2C3=C(CCCC3=O)Nc3c2c(=O)n(C)c(=O)n3C)c1. The zero-order valence-electron chi connectivity index (χ0n) is 15.1. The predicted octanol–water partition coefficient (Wildman–Crippen LogP) is 1.96. The van der Waals surface area contributed by atoms with Crippen LogP contribution in [0.2, 0.25) is 0 Å². The summed E-state index contributed by atoms with van der Waals surface area (Å²) < 4.78 is 2.57. The lowest BCUT2D eigenvalue weighted by Crippen LogP contribution is -2.44. The Morgan fingerprint density at radius 2 is 1.85 bits per heavy atom. The Bertz CT molecular complexity index is 1090. The van der Waals surface area contributed by atoms with Crippen LogP contribution in [0, 0.1) is 6.92 Å². The number of nitrogens with one attached hydrogen (secondary N) is 1. The average molecular weight is 351 g/mol. The molecule has 2 heterocycles. The van der Waals surface area contributed by atoms with Crippen molar-refractivity contribution in [2.24, 2.45) is 14.1 Å². The number of anilines is 1. The number of allylic oxidation sites excluding steroid dienone is 2. The van der Waals surface area contributed by atoms with Gasteiger partial charge in [0.05, 0.1) is 5.56 Å². The lowest BCUT2D eigenvalue weighted by atomic mass is 9.76. The van der Waals surface area contributed by atoms with Gasteiger partial charge in [-0.15, -0.1) is 0 Å². The van der Waals surface area contributed by atoms with E-state index in [4.69, 9.17) is 0 Å². The van der Waals surface area contributed by atoms with Gasteiger partial charge in [0.25, 0.3) is 5.56 Å². The van der Waals surface area contributed by atoms with Crippen LogP contribution >= 0.6 is 0 Å². The van der Waals surface area contributed by atoms with E-state index in [2.05, 4.69) is 5.32 Å². The van der Waals surface area contributed by atoms with E-state index in [1.807, 2.05) is 31.2 Å². The molecular weight excluding hydrogens is 330 g/mol. The van der Waals surface area contributed by atoms with Crippen molar-refractivity contribution in [2.75, 3.05) is 5.32 Å². The second kappa shape index (κ2) is 5.83. The van der Waals surface area contributed by atoms with E-state index in [0.29, 0.717) is 23.4 Å². The maximum atomic E-state index is 13.0. The first-order valence-corrected chi connectivity index (χ1v) is 8.80. The number of Topliss-reactive ketones (excluding diaryl/α,β-unsaturated/α-hetero) is 1. The normalized spacial score (nSPS) is 19.0. The molecule has 0 saturated carbocycles. The molecule has 0 fully saturated rings. The van der Waals surface area contributed by atoms with Crippen LogP contribution in [-0.2, 0) is 18.9 Å². The van der Waals surface area contributed by atoms with E-state index in [9.17, 15) is 14.4 Å². The number of benzene rings is 1. The lowest BCUT2D eigenvalue weighted by Gasteiger charge is -2.34. The van der Waals surface area contributed by atoms with Crippen molar-refractivity contribution < 1.29 is 4.79 Å². The van der Waals surface area contributed by atoms with E-state index in [-0.39, 0.29) is 17.0 Å². The maximum Gasteiger partial charge on any atom is 0.332 e. The molecule has 1 atom stereocenters. The minimum absolute atomic E-state index is 0.0758. The molecule has 26 heavy (non-hydrogen) atoms. The molecule has 0 spiro atoms. The molecule has 0 amide bonds. The van der Waals surface area contributed by atoms with Gasteiger partial charge < -0.3 is 5.32 Å². The number of aryl methyl sites for hydroxylation is 1. The summed E-state index contributed by atoms with van der Waals surface area (Å²) in [4.78, 5) is 38.2. The summed E-state index contributed by atoms with van der Waals surface area (Å²) in [6.45, 7) is 1.99. The molecular formula is C20H21N3O3. The second-order valence-electron chi connectivity index (χ2n) is 7.11. The van der Waals surface area contributed by atoms with Crippen LogP contribution in [0.3, 0.4) is 0 Å². The molecule has 1 aliphatic carbocycles. The number of nitrogens with zero attached hydrogens (tertiary/aromatic N) is 2. The summed E-state index contributed by atoms with van der Waals surface area (Å²) in [7, 11) is 3.13. The van der Waals surface area contributed by atoms with Gasteiger partial charge in [-0.05, 0) is 25.3 Å². The molecule has 2 aromatic rings. The van der Waals surface area contributed by atoms with Crippen molar-refractivity contribution >= 4 is 11.6 Å². The highest BCUT2D eigenvalue weighted by Crippen LogP contribution is 2.43. The summed E-state index contributed by atoms with van der Waals surface area (Å²) in [6, 6.07) is 7.88. The monoisotopic (exact) mass is 351 g/mol. The van der Waals surface area contributed by atoms with Gasteiger partial charge >= 0.3 is 5.69 Å². The smallest absolute Gasteiger partial charge is 0.332 e. The highest BCUT2D eigenvalue weighted by atomic mass is 16.2. The average Bonchev–Trinajstić information content (AvgIpc) is 2.63. The number of aromatic nitrogens is 2. The molecule has 6 heteroatoms. The first-order valence-electron chi connectivity index (χ1n) is 8.80. The number of carbonyl (C=O) groups excluding carboxylic acids is 1. The van der Waals surface area contributed by atoms with E-state index in [1.165, 1.54) is 11.6 Å². The van der Waals surface area contributed by atoms with Gasteiger partial charge in [-0.25, -0.2) is 4.79 Å². The quantitative estimate of drug-likeness (QED) is 0.852. The number of hydrogen-bond acceptors (Lipinski definition) is 4. The third-order valence-corrected chi connectivity index (χ3v) is 5.38. The van der Waals surface area contributed by atoms with Crippen molar-refractivity contribution in [2.45, 2.75) is 32.1 Å². The molecule has 1 N–H and O–H groups in total. The third kappa shape index (κ3) is 2.29. The van der Waals surface area contributed by atoms with Crippen LogP contribution in [0.5, 0.6) is 0 Å². The van der Waals surface area contributed by atoms with Crippen LogP contribution in [0.1, 0.15) is 41.9 Å². The molecule has 0 radical (unpaired) electrons. The van der Waals surface area contributed by atoms with E-state index < -0.39 is 5.92 Å². The molecule has 1 aliphatic heterocycles. The molecule has 2 aliphatic rings. The molecule has 6 nitrogen and oxygen atoms in total. The maximum absolute atomic E-state index is 13.0. The third-order valence-electron chi connectivity index (χ3n) is 5.38. The van der Waals surface area contributed by atoms with E-state index >= 15 is 0 Å². The highest BCUT2D eigenvalue weighted by Gasteiger charge is 2.38. The van der Waals surface area contributed by atoms with Gasteiger partial charge in [0.15, 0.2) is 5.78 Å². The van der Waals surface area contributed by atoms with Crippen LogP contribution in [0.25, 0.3) is 0 Å². The number of hydrogen-bond donors (Lipinski definition) is 1. The Hall–Kier alpha value is -2.89. The Kier molecular flexibility index (Phi) is 3.72. The minimum Gasteiger partial charge on any atom is -0.344 e. The fourth-order valence-electron chi connectivity index (χ4n) is 4.08. The van der Waals surface area contributed by atoms with Crippen molar-refractivity contribution in [3.8, 4) is 0 Å². The van der Waals surface area contributed by atoms with Crippen molar-refractivity contribution in [3.63, 3.8) is 0 Å². The minimum atomic E-state index is -0.445. The Balaban J connectivity index is 2.10. The van der Waals surface area contributed by atoms with Crippen LogP contribution in [0.15, 0.2) is 45.1 Å². The Labute approximate surface area is 150 Å². The number of ketones is 1. The van der Waals surface area contributed by atoms with Gasteiger partial charge in [-0.3, -0.25) is 18.7 Å². The van der Waals surface area contributed by atoms with Gasteiger partial charge in [0.1, 0.15) is 5.82 Å². The van der Waals surface area contributed by atoms with Gasteiger partial charge in [0, 0.05) is 37.7 Å². The molecule has 1 aromatic heterocycles. The fraction of sp³-hybridized carbons (Fsp3) is 0.350. The summed E-state index contributed by atoms with van der Waals surface area (Å²) in [6.07, 6.45) is 2.01. The molecule has 0 bridgehead atoms. The zero-order valence-corrected chi connectivity index (χ0v) is 15.1. The van der Waals surface area contributed by atoms with Gasteiger partial charge in [-0.1, -0.05) is 29.8 Å². The summed E-state index contributed by atoms with van der Waals surface area (Å²) >= 11 is 0.